The van der Waals surface area contributed by atoms with Gasteiger partial charge in [0.15, 0.2) is 0 Å². The molecule has 3 rings (SSSR count). The predicted octanol–water partition coefficient (Wildman–Crippen LogP) is 3.66. The molecule has 0 radical (unpaired) electrons. The molecule has 3 nitrogen and oxygen atoms in total. The van der Waals surface area contributed by atoms with Crippen LogP contribution in [-0.4, -0.2) is 16.1 Å². The Balaban J connectivity index is 2.08. The van der Waals surface area contributed by atoms with Gasteiger partial charge in [-0.1, -0.05) is 31.2 Å². The van der Waals surface area contributed by atoms with Gasteiger partial charge in [0.05, 0.1) is 16.7 Å². The number of rotatable bonds is 5. The van der Waals surface area contributed by atoms with Crippen molar-refractivity contribution in [1.82, 2.24) is 14.9 Å². The van der Waals surface area contributed by atoms with Crippen LogP contribution in [0.5, 0.6) is 0 Å². The Labute approximate surface area is 123 Å². The number of benzene rings is 2. The average molecular weight is 283 g/mol. The van der Waals surface area contributed by atoms with Crippen LogP contribution in [0.1, 0.15) is 18.9 Å². The summed E-state index contributed by atoms with van der Waals surface area (Å²) in [6.45, 7) is 3.68. The van der Waals surface area contributed by atoms with E-state index in [0.717, 1.165) is 29.6 Å². The summed E-state index contributed by atoms with van der Waals surface area (Å²) in [5.41, 5.74) is 3.30. The van der Waals surface area contributed by atoms with Crippen molar-refractivity contribution < 1.29 is 4.39 Å². The zero-order valence-corrected chi connectivity index (χ0v) is 12.0. The zero-order valence-electron chi connectivity index (χ0n) is 12.0. The number of hydrogen-bond donors (Lipinski definition) is 1. The number of fused-ring (bicyclic) bond motifs is 1. The van der Waals surface area contributed by atoms with Gasteiger partial charge in [0, 0.05) is 6.54 Å². The van der Waals surface area contributed by atoms with Crippen LogP contribution in [0.4, 0.5) is 4.39 Å². The predicted molar refractivity (Wildman–Crippen MR) is 83.0 cm³/mol. The molecule has 0 saturated heterocycles. The van der Waals surface area contributed by atoms with Crippen LogP contribution in [0.25, 0.3) is 16.7 Å². The number of para-hydroxylation sites is 3. The molecule has 0 atom stereocenters. The third-order valence-electron chi connectivity index (χ3n) is 3.51. The maximum absolute atomic E-state index is 14.4. The molecule has 4 heteroatoms. The zero-order chi connectivity index (χ0) is 14.7. The van der Waals surface area contributed by atoms with Crippen LogP contribution in [0, 0.1) is 5.82 Å². The monoisotopic (exact) mass is 283 g/mol. The average Bonchev–Trinajstić information content (AvgIpc) is 2.92. The van der Waals surface area contributed by atoms with Crippen molar-refractivity contribution in [2.45, 2.75) is 19.9 Å². The first kappa shape index (κ1) is 13.8. The summed E-state index contributed by atoms with van der Waals surface area (Å²) in [7, 11) is 0. The number of nitrogens with one attached hydrogen (secondary N) is 1. The maximum atomic E-state index is 14.4. The minimum atomic E-state index is -0.228. The molecule has 0 spiro atoms. The van der Waals surface area contributed by atoms with Crippen LogP contribution in [-0.2, 0) is 6.54 Å². The molecule has 0 aliphatic rings. The number of imidazole rings is 1. The first-order valence-corrected chi connectivity index (χ1v) is 7.22. The molecule has 1 aromatic heterocycles. The van der Waals surface area contributed by atoms with Crippen molar-refractivity contribution in [2.75, 3.05) is 6.54 Å². The highest BCUT2D eigenvalue weighted by Crippen LogP contribution is 2.23. The summed E-state index contributed by atoms with van der Waals surface area (Å²) >= 11 is 0. The number of nitrogens with zero attached hydrogens (tertiary/aromatic N) is 2. The maximum Gasteiger partial charge on any atom is 0.147 e. The van der Waals surface area contributed by atoms with E-state index >= 15 is 0 Å². The molecule has 0 saturated carbocycles. The van der Waals surface area contributed by atoms with Gasteiger partial charge in [-0.2, -0.15) is 0 Å². The minimum Gasteiger partial charge on any atom is -0.313 e. The van der Waals surface area contributed by atoms with Crippen LogP contribution >= 0.6 is 0 Å². The normalized spacial score (nSPS) is 11.1. The second-order valence-electron chi connectivity index (χ2n) is 5.03. The SMILES string of the molecule is CCCNCc1cccc(F)c1-n1cnc2ccccc21. The van der Waals surface area contributed by atoms with Gasteiger partial charge in [0.2, 0.25) is 0 Å². The Bertz CT molecular complexity index is 749. The molecule has 108 valence electrons. The Morgan fingerprint density at radius 3 is 2.86 bits per heavy atom. The smallest absolute Gasteiger partial charge is 0.147 e. The standard InChI is InChI=1S/C17H18FN3/c1-2-10-19-11-13-6-5-7-14(18)17(13)21-12-20-15-8-3-4-9-16(15)21/h3-9,12,19H,2,10-11H2,1H3. The number of halogens is 1. The highest BCUT2D eigenvalue weighted by atomic mass is 19.1. The molecule has 21 heavy (non-hydrogen) atoms. The topological polar surface area (TPSA) is 29.9 Å². The van der Waals surface area contributed by atoms with Gasteiger partial charge in [0.25, 0.3) is 0 Å². The van der Waals surface area contributed by atoms with Crippen molar-refractivity contribution >= 4 is 11.0 Å². The molecular formula is C17H18FN3. The van der Waals surface area contributed by atoms with Crippen molar-refractivity contribution in [3.05, 3.63) is 60.2 Å². The highest BCUT2D eigenvalue weighted by molar-refractivity contribution is 5.77. The molecule has 2 aromatic carbocycles. The third kappa shape index (κ3) is 2.67. The van der Waals surface area contributed by atoms with Crippen molar-refractivity contribution in [3.63, 3.8) is 0 Å². The number of aromatic nitrogens is 2. The van der Waals surface area contributed by atoms with E-state index in [0.29, 0.717) is 12.2 Å². The molecule has 0 bridgehead atoms. The Morgan fingerprint density at radius 1 is 1.14 bits per heavy atom. The van der Waals surface area contributed by atoms with Crippen molar-refractivity contribution in [1.29, 1.82) is 0 Å². The molecule has 0 amide bonds. The van der Waals surface area contributed by atoms with Crippen molar-refractivity contribution in [2.24, 2.45) is 0 Å². The Morgan fingerprint density at radius 2 is 2.00 bits per heavy atom. The Hall–Kier alpha value is -2.20. The molecular weight excluding hydrogens is 265 g/mol. The summed E-state index contributed by atoms with van der Waals surface area (Å²) in [4.78, 5) is 4.35. The summed E-state index contributed by atoms with van der Waals surface area (Å²) in [5.74, 6) is -0.228. The van der Waals surface area contributed by atoms with Gasteiger partial charge >= 0.3 is 0 Å². The fourth-order valence-corrected chi connectivity index (χ4v) is 2.51. The van der Waals surface area contributed by atoms with Crippen molar-refractivity contribution in [3.8, 4) is 5.69 Å². The van der Waals surface area contributed by atoms with E-state index in [1.807, 2.05) is 34.9 Å². The van der Waals surface area contributed by atoms with E-state index in [4.69, 9.17) is 0 Å². The van der Waals surface area contributed by atoms with E-state index < -0.39 is 0 Å². The van der Waals surface area contributed by atoms with Gasteiger partial charge in [0.1, 0.15) is 12.1 Å². The lowest BCUT2D eigenvalue weighted by Crippen LogP contribution is -2.16. The molecule has 3 aromatic rings. The van der Waals surface area contributed by atoms with Gasteiger partial charge in [-0.05, 0) is 36.7 Å². The second kappa shape index (κ2) is 6.06. The molecule has 1 N–H and O–H groups in total. The van der Waals surface area contributed by atoms with E-state index in [1.165, 1.54) is 6.07 Å². The lowest BCUT2D eigenvalue weighted by molar-refractivity contribution is 0.609. The fraction of sp³-hybridized carbons (Fsp3) is 0.235. The van der Waals surface area contributed by atoms with E-state index in [-0.39, 0.29) is 5.82 Å². The van der Waals surface area contributed by atoms with Gasteiger partial charge in [-0.15, -0.1) is 0 Å². The molecule has 0 unspecified atom stereocenters. The van der Waals surface area contributed by atoms with Gasteiger partial charge in [-0.25, -0.2) is 9.37 Å². The second-order valence-corrected chi connectivity index (χ2v) is 5.03. The first-order valence-electron chi connectivity index (χ1n) is 7.22. The Kier molecular flexibility index (Phi) is 3.97. The first-order chi connectivity index (χ1) is 10.3. The molecule has 0 aliphatic heterocycles. The molecule has 0 aliphatic carbocycles. The van der Waals surface area contributed by atoms with Gasteiger partial charge in [-0.3, -0.25) is 4.57 Å². The van der Waals surface area contributed by atoms with Crippen LogP contribution in [0.3, 0.4) is 0 Å². The summed E-state index contributed by atoms with van der Waals surface area (Å²) in [5, 5.41) is 3.33. The minimum absolute atomic E-state index is 0.228. The highest BCUT2D eigenvalue weighted by Gasteiger charge is 2.13. The summed E-state index contributed by atoms with van der Waals surface area (Å²) in [6.07, 6.45) is 2.74. The van der Waals surface area contributed by atoms with Crippen LogP contribution < -0.4 is 5.32 Å². The van der Waals surface area contributed by atoms with Crippen LogP contribution in [0.2, 0.25) is 0 Å². The summed E-state index contributed by atoms with van der Waals surface area (Å²) in [6, 6.07) is 13.0. The van der Waals surface area contributed by atoms with Crippen LogP contribution in [0.15, 0.2) is 48.8 Å². The number of hydrogen-bond acceptors (Lipinski definition) is 2. The molecule has 0 fully saturated rings. The fourth-order valence-electron chi connectivity index (χ4n) is 2.51. The lowest BCUT2D eigenvalue weighted by atomic mass is 10.1. The lowest BCUT2D eigenvalue weighted by Gasteiger charge is -2.13. The third-order valence-corrected chi connectivity index (χ3v) is 3.51. The molecule has 1 heterocycles. The summed E-state index contributed by atoms with van der Waals surface area (Å²) < 4.78 is 16.2. The van der Waals surface area contributed by atoms with E-state index in [2.05, 4.69) is 17.2 Å². The van der Waals surface area contributed by atoms with Gasteiger partial charge < -0.3 is 5.32 Å². The van der Waals surface area contributed by atoms with E-state index in [1.54, 1.807) is 12.4 Å². The van der Waals surface area contributed by atoms with E-state index in [9.17, 15) is 4.39 Å². The quantitative estimate of drug-likeness (QED) is 0.724. The largest absolute Gasteiger partial charge is 0.313 e.